The smallest absolute Gasteiger partial charge is 0.277 e. The summed E-state index contributed by atoms with van der Waals surface area (Å²) in [5, 5.41) is 0. The fourth-order valence-corrected chi connectivity index (χ4v) is 6.55. The molecule has 2 aliphatic rings. The van der Waals surface area contributed by atoms with Gasteiger partial charge in [-0.3, -0.25) is 0 Å². The quantitative estimate of drug-likeness (QED) is 0.168. The van der Waals surface area contributed by atoms with Crippen molar-refractivity contribution in [1.29, 1.82) is 0 Å². The molecule has 45 heavy (non-hydrogen) atoms. The number of methoxy groups -OCH3 is 3. The minimum atomic E-state index is -3.02. The molecule has 1 heterocycles. The Kier molecular flexibility index (Phi) is 9.19. The molecule has 6 rings (SSSR count). The fourth-order valence-electron chi connectivity index (χ4n) is 6.55. The molecule has 0 bridgehead atoms. The van der Waals surface area contributed by atoms with Crippen LogP contribution in [0.15, 0.2) is 97.1 Å². The third-order valence-electron chi connectivity index (χ3n) is 8.91. The summed E-state index contributed by atoms with van der Waals surface area (Å²) in [4.78, 5) is 2.38. The number of anilines is 1. The summed E-state index contributed by atoms with van der Waals surface area (Å²) >= 11 is 0. The number of allylic oxidation sites excluding steroid dienone is 1. The lowest BCUT2D eigenvalue weighted by Crippen LogP contribution is -2.39. The molecule has 0 unspecified atom stereocenters. The molecule has 234 valence electrons. The van der Waals surface area contributed by atoms with E-state index in [2.05, 4.69) is 29.2 Å². The average Bonchev–Trinajstić information content (AvgIpc) is 3.09. The maximum Gasteiger partial charge on any atom is 0.277 e. The van der Waals surface area contributed by atoms with Gasteiger partial charge in [-0.25, -0.2) is 8.78 Å². The SMILES string of the molecule is COc1cc(N2CCC(C(OC)OC)CC2)c(-c2ccccc2)cc1C1=CCC(F)(F)c2cc(OCc3ccccc3)ccc21. The molecule has 1 aliphatic heterocycles. The first-order valence-electron chi connectivity index (χ1n) is 15.4. The van der Waals surface area contributed by atoms with Crippen LogP contribution in [0.1, 0.15) is 41.5 Å². The molecule has 0 amide bonds. The van der Waals surface area contributed by atoms with Gasteiger partial charge in [0.25, 0.3) is 5.92 Å². The Morgan fingerprint density at radius 3 is 2.16 bits per heavy atom. The van der Waals surface area contributed by atoms with Crippen LogP contribution in [0, 0.1) is 5.92 Å². The highest BCUT2D eigenvalue weighted by Gasteiger charge is 2.38. The van der Waals surface area contributed by atoms with E-state index < -0.39 is 12.3 Å². The number of alkyl halides is 2. The summed E-state index contributed by atoms with van der Waals surface area (Å²) < 4.78 is 53.9. The van der Waals surface area contributed by atoms with Gasteiger partial charge >= 0.3 is 0 Å². The summed E-state index contributed by atoms with van der Waals surface area (Å²) in [7, 11) is 5.01. The molecule has 0 spiro atoms. The number of piperidine rings is 1. The van der Waals surface area contributed by atoms with Crippen LogP contribution in [-0.2, 0) is 22.0 Å². The molecule has 0 atom stereocenters. The second-order valence-electron chi connectivity index (χ2n) is 11.6. The van der Waals surface area contributed by atoms with Gasteiger partial charge in [-0.2, -0.15) is 0 Å². The molecular formula is C38H39F2NO4. The number of nitrogens with zero attached hydrogens (tertiary/aromatic N) is 1. The highest BCUT2D eigenvalue weighted by atomic mass is 19.3. The third-order valence-corrected chi connectivity index (χ3v) is 8.91. The lowest BCUT2D eigenvalue weighted by Gasteiger charge is -2.37. The van der Waals surface area contributed by atoms with Gasteiger partial charge in [0.15, 0.2) is 6.29 Å². The Hall–Kier alpha value is -4.20. The number of ether oxygens (including phenoxy) is 4. The molecule has 0 N–H and O–H groups in total. The van der Waals surface area contributed by atoms with Gasteiger partial charge in [0.05, 0.1) is 7.11 Å². The topological polar surface area (TPSA) is 40.2 Å². The highest BCUT2D eigenvalue weighted by molar-refractivity contribution is 5.91. The van der Waals surface area contributed by atoms with Gasteiger partial charge in [0.2, 0.25) is 0 Å². The highest BCUT2D eigenvalue weighted by Crippen LogP contribution is 2.49. The van der Waals surface area contributed by atoms with Gasteiger partial charge in [-0.05, 0) is 53.3 Å². The van der Waals surface area contributed by atoms with Crippen molar-refractivity contribution in [3.63, 3.8) is 0 Å². The van der Waals surface area contributed by atoms with Gasteiger partial charge in [-0.15, -0.1) is 0 Å². The first kappa shape index (κ1) is 30.8. The van der Waals surface area contributed by atoms with E-state index in [0.29, 0.717) is 29.6 Å². The monoisotopic (exact) mass is 611 g/mol. The van der Waals surface area contributed by atoms with Crippen LogP contribution in [-0.4, -0.2) is 40.7 Å². The summed E-state index contributed by atoms with van der Waals surface area (Å²) in [5.41, 5.74) is 6.07. The van der Waals surface area contributed by atoms with E-state index in [-0.39, 0.29) is 11.9 Å². The Labute approximate surface area is 264 Å². The van der Waals surface area contributed by atoms with Gasteiger partial charge in [-0.1, -0.05) is 72.8 Å². The summed E-state index contributed by atoms with van der Waals surface area (Å²) in [5.74, 6) is -1.65. The standard InChI is InChI=1S/C38H39F2NO4/c1-42-36-24-35(41-20-17-28(18-21-41)37(43-2)44-3)32(27-12-8-5-9-13-27)23-33(36)30-16-19-38(39,40)34-22-29(14-15-31(30)34)45-25-26-10-6-4-7-11-26/h4-16,22-24,28,37H,17-21,25H2,1-3H3. The van der Waals surface area contributed by atoms with E-state index in [1.807, 2.05) is 48.5 Å². The number of benzene rings is 4. The van der Waals surface area contributed by atoms with E-state index in [1.54, 1.807) is 39.5 Å². The molecule has 1 saturated heterocycles. The van der Waals surface area contributed by atoms with Gasteiger partial charge < -0.3 is 23.8 Å². The first-order valence-corrected chi connectivity index (χ1v) is 15.4. The Bertz CT molecular complexity index is 1630. The number of hydrogen-bond acceptors (Lipinski definition) is 5. The van der Waals surface area contributed by atoms with Crippen LogP contribution < -0.4 is 14.4 Å². The molecule has 1 aliphatic carbocycles. The van der Waals surface area contributed by atoms with Crippen LogP contribution in [0.2, 0.25) is 0 Å². The Morgan fingerprint density at radius 1 is 0.800 bits per heavy atom. The maximum absolute atomic E-state index is 15.4. The number of fused-ring (bicyclic) bond motifs is 1. The molecule has 5 nitrogen and oxygen atoms in total. The van der Waals surface area contributed by atoms with Crippen molar-refractivity contribution < 1.29 is 27.7 Å². The molecule has 0 saturated carbocycles. The minimum absolute atomic E-state index is 0.0362. The Morgan fingerprint density at radius 2 is 1.49 bits per heavy atom. The van der Waals surface area contributed by atoms with Crippen molar-refractivity contribution in [1.82, 2.24) is 0 Å². The van der Waals surface area contributed by atoms with Crippen molar-refractivity contribution in [2.24, 2.45) is 5.92 Å². The van der Waals surface area contributed by atoms with Crippen LogP contribution in [0.4, 0.5) is 14.5 Å². The molecular weight excluding hydrogens is 572 g/mol. The second kappa shape index (κ2) is 13.4. The second-order valence-corrected chi connectivity index (χ2v) is 11.6. The van der Waals surface area contributed by atoms with Crippen molar-refractivity contribution in [3.05, 3.63) is 119 Å². The molecule has 4 aromatic carbocycles. The number of halogens is 2. The Balaban J connectivity index is 1.37. The van der Waals surface area contributed by atoms with E-state index in [9.17, 15) is 0 Å². The number of rotatable bonds is 10. The van der Waals surface area contributed by atoms with Crippen LogP contribution in [0.25, 0.3) is 16.7 Å². The minimum Gasteiger partial charge on any atom is -0.496 e. The number of hydrogen-bond donors (Lipinski definition) is 0. The average molecular weight is 612 g/mol. The van der Waals surface area contributed by atoms with Crippen LogP contribution in [0.3, 0.4) is 0 Å². The normalized spacial score (nSPS) is 16.3. The zero-order valence-electron chi connectivity index (χ0n) is 26.0. The predicted molar refractivity (Wildman–Crippen MR) is 174 cm³/mol. The zero-order valence-corrected chi connectivity index (χ0v) is 26.0. The summed E-state index contributed by atoms with van der Waals surface area (Å²) in [6.07, 6.45) is 2.86. The van der Waals surface area contributed by atoms with E-state index >= 15 is 8.78 Å². The van der Waals surface area contributed by atoms with Crippen LogP contribution in [0.5, 0.6) is 11.5 Å². The van der Waals surface area contributed by atoms with Crippen LogP contribution >= 0.6 is 0 Å². The first-order chi connectivity index (χ1) is 21.9. The van der Waals surface area contributed by atoms with Gasteiger partial charge in [0.1, 0.15) is 18.1 Å². The van der Waals surface area contributed by atoms with Crippen molar-refractivity contribution in [2.45, 2.75) is 38.1 Å². The zero-order chi connectivity index (χ0) is 31.4. The molecule has 4 aromatic rings. The largest absolute Gasteiger partial charge is 0.496 e. The van der Waals surface area contributed by atoms with Gasteiger partial charge in [0, 0.05) is 68.1 Å². The molecule has 0 radical (unpaired) electrons. The van der Waals surface area contributed by atoms with Crippen molar-refractivity contribution in [2.75, 3.05) is 39.3 Å². The van der Waals surface area contributed by atoms with Crippen molar-refractivity contribution >= 4 is 11.3 Å². The fraction of sp³-hybridized carbons (Fsp3) is 0.316. The van der Waals surface area contributed by atoms with E-state index in [0.717, 1.165) is 59.4 Å². The third kappa shape index (κ3) is 6.46. The lowest BCUT2D eigenvalue weighted by atomic mass is 9.83. The molecule has 1 fully saturated rings. The van der Waals surface area contributed by atoms with E-state index in [1.165, 1.54) is 6.07 Å². The van der Waals surface area contributed by atoms with Crippen molar-refractivity contribution in [3.8, 4) is 22.6 Å². The molecule has 7 heteroatoms. The summed E-state index contributed by atoms with van der Waals surface area (Å²) in [6.45, 7) is 1.97. The summed E-state index contributed by atoms with van der Waals surface area (Å²) in [6, 6.07) is 29.1. The maximum atomic E-state index is 15.4. The predicted octanol–water partition coefficient (Wildman–Crippen LogP) is 8.70. The lowest BCUT2D eigenvalue weighted by molar-refractivity contribution is -0.141. The molecule has 0 aromatic heterocycles. The van der Waals surface area contributed by atoms with E-state index in [4.69, 9.17) is 18.9 Å².